The van der Waals surface area contributed by atoms with Gasteiger partial charge in [0.1, 0.15) is 11.5 Å². The van der Waals surface area contributed by atoms with Crippen LogP contribution in [-0.2, 0) is 6.18 Å². The first-order valence-electron chi connectivity index (χ1n) is 5.93. The Kier molecular flexibility index (Phi) is 4.37. The number of rotatable bonds is 3. The molecular formula is C15H10BrF3O2. The van der Waals surface area contributed by atoms with Crippen LogP contribution >= 0.6 is 15.9 Å². The van der Waals surface area contributed by atoms with Crippen LogP contribution in [0.2, 0.25) is 0 Å². The highest BCUT2D eigenvalue weighted by atomic mass is 79.9. The maximum absolute atomic E-state index is 12.4. The molecule has 0 fully saturated rings. The highest BCUT2D eigenvalue weighted by Crippen LogP contribution is 2.32. The Balaban J connectivity index is 2.19. The van der Waals surface area contributed by atoms with E-state index < -0.39 is 11.7 Å². The molecule has 0 radical (unpaired) electrons. The minimum atomic E-state index is -4.37. The summed E-state index contributed by atoms with van der Waals surface area (Å²) in [4.78, 5) is 11.3. The summed E-state index contributed by atoms with van der Waals surface area (Å²) in [7, 11) is 0. The lowest BCUT2D eigenvalue weighted by Crippen LogP contribution is -2.04. The van der Waals surface area contributed by atoms with Crippen molar-refractivity contribution in [2.75, 3.05) is 0 Å². The van der Waals surface area contributed by atoms with Crippen molar-refractivity contribution < 1.29 is 22.7 Å². The van der Waals surface area contributed by atoms with Gasteiger partial charge in [0, 0.05) is 10.0 Å². The minimum Gasteiger partial charge on any atom is -0.457 e. The van der Waals surface area contributed by atoms with Crippen molar-refractivity contribution in [3.8, 4) is 11.5 Å². The molecule has 2 aromatic rings. The van der Waals surface area contributed by atoms with E-state index in [4.69, 9.17) is 4.74 Å². The molecular weight excluding hydrogens is 349 g/mol. The maximum atomic E-state index is 12.4. The summed E-state index contributed by atoms with van der Waals surface area (Å²) < 4.78 is 43.3. The SMILES string of the molecule is CC(=O)c1ccc(Oc2ccc(C(F)(F)F)cc2)cc1Br. The van der Waals surface area contributed by atoms with Crippen LogP contribution in [0.3, 0.4) is 0 Å². The van der Waals surface area contributed by atoms with Crippen LogP contribution in [0.5, 0.6) is 11.5 Å². The smallest absolute Gasteiger partial charge is 0.416 e. The van der Waals surface area contributed by atoms with E-state index in [9.17, 15) is 18.0 Å². The van der Waals surface area contributed by atoms with Gasteiger partial charge < -0.3 is 4.74 Å². The van der Waals surface area contributed by atoms with Gasteiger partial charge in [-0.2, -0.15) is 13.2 Å². The molecule has 2 nitrogen and oxygen atoms in total. The third kappa shape index (κ3) is 3.85. The van der Waals surface area contributed by atoms with E-state index in [-0.39, 0.29) is 11.5 Å². The third-order valence-corrected chi connectivity index (χ3v) is 3.39. The first-order chi connectivity index (χ1) is 9.77. The van der Waals surface area contributed by atoms with Gasteiger partial charge in [0.2, 0.25) is 0 Å². The molecule has 110 valence electrons. The first kappa shape index (κ1) is 15.6. The van der Waals surface area contributed by atoms with Gasteiger partial charge in [-0.25, -0.2) is 0 Å². The Bertz CT molecular complexity index is 664. The summed E-state index contributed by atoms with van der Waals surface area (Å²) in [5, 5.41) is 0. The van der Waals surface area contributed by atoms with E-state index in [1.54, 1.807) is 18.2 Å². The van der Waals surface area contributed by atoms with Gasteiger partial charge in [-0.1, -0.05) is 0 Å². The number of hydrogen-bond acceptors (Lipinski definition) is 2. The Morgan fingerprint density at radius 1 is 1.05 bits per heavy atom. The van der Waals surface area contributed by atoms with Gasteiger partial charge in [-0.05, 0) is 65.3 Å². The number of alkyl halides is 3. The van der Waals surface area contributed by atoms with Crippen molar-refractivity contribution in [1.29, 1.82) is 0 Å². The van der Waals surface area contributed by atoms with Gasteiger partial charge in [0.15, 0.2) is 5.78 Å². The standard InChI is InChI=1S/C15H10BrF3O2/c1-9(20)13-7-6-12(8-14(13)16)21-11-4-2-10(3-5-11)15(17,18)19/h2-8H,1H3. The van der Waals surface area contributed by atoms with Crippen molar-refractivity contribution in [2.24, 2.45) is 0 Å². The zero-order valence-corrected chi connectivity index (χ0v) is 12.5. The number of hydrogen-bond donors (Lipinski definition) is 0. The monoisotopic (exact) mass is 358 g/mol. The number of Topliss-reactive ketones (excluding diaryl/α,β-unsaturated/α-hetero) is 1. The average molecular weight is 359 g/mol. The largest absolute Gasteiger partial charge is 0.457 e. The number of carbonyl (C=O) groups is 1. The molecule has 2 rings (SSSR count). The third-order valence-electron chi connectivity index (χ3n) is 2.74. The molecule has 0 saturated heterocycles. The molecule has 0 spiro atoms. The molecule has 0 aromatic heterocycles. The number of carbonyl (C=O) groups excluding carboxylic acids is 1. The molecule has 2 aromatic carbocycles. The van der Waals surface area contributed by atoms with Crippen molar-refractivity contribution in [1.82, 2.24) is 0 Å². The van der Waals surface area contributed by atoms with E-state index in [0.717, 1.165) is 12.1 Å². The van der Waals surface area contributed by atoms with E-state index >= 15 is 0 Å². The highest BCUT2D eigenvalue weighted by molar-refractivity contribution is 9.10. The van der Waals surface area contributed by atoms with Crippen molar-refractivity contribution >= 4 is 21.7 Å². The second-order valence-electron chi connectivity index (χ2n) is 4.32. The van der Waals surface area contributed by atoms with Gasteiger partial charge in [0.05, 0.1) is 5.56 Å². The molecule has 0 bridgehead atoms. The van der Waals surface area contributed by atoms with Crippen molar-refractivity contribution in [3.63, 3.8) is 0 Å². The van der Waals surface area contributed by atoms with Gasteiger partial charge in [-0.3, -0.25) is 4.79 Å². The molecule has 0 aliphatic carbocycles. The molecule has 21 heavy (non-hydrogen) atoms. The summed E-state index contributed by atoms with van der Waals surface area (Å²) in [6, 6.07) is 9.16. The predicted octanol–water partition coefficient (Wildman–Crippen LogP) is 5.46. The lowest BCUT2D eigenvalue weighted by molar-refractivity contribution is -0.137. The number of ether oxygens (including phenoxy) is 1. The normalized spacial score (nSPS) is 11.3. The van der Waals surface area contributed by atoms with Gasteiger partial charge in [0.25, 0.3) is 0 Å². The van der Waals surface area contributed by atoms with Crippen LogP contribution in [0.4, 0.5) is 13.2 Å². The van der Waals surface area contributed by atoms with Crippen LogP contribution < -0.4 is 4.74 Å². The van der Waals surface area contributed by atoms with E-state index in [1.807, 2.05) is 0 Å². The first-order valence-corrected chi connectivity index (χ1v) is 6.72. The van der Waals surface area contributed by atoms with Gasteiger partial charge in [-0.15, -0.1) is 0 Å². The van der Waals surface area contributed by atoms with Crippen LogP contribution in [0.15, 0.2) is 46.9 Å². The lowest BCUT2D eigenvalue weighted by Gasteiger charge is -2.10. The Hall–Kier alpha value is -1.82. The molecule has 0 heterocycles. The summed E-state index contributed by atoms with van der Waals surface area (Å²) in [5.41, 5.74) is -0.224. The zero-order valence-electron chi connectivity index (χ0n) is 10.9. The maximum Gasteiger partial charge on any atom is 0.416 e. The Morgan fingerprint density at radius 2 is 1.62 bits per heavy atom. The van der Waals surface area contributed by atoms with Crippen molar-refractivity contribution in [3.05, 3.63) is 58.1 Å². The average Bonchev–Trinajstić information content (AvgIpc) is 2.38. The molecule has 0 unspecified atom stereocenters. The predicted molar refractivity (Wildman–Crippen MR) is 75.7 cm³/mol. The fraction of sp³-hybridized carbons (Fsp3) is 0.133. The number of halogens is 4. The molecule has 0 saturated carbocycles. The molecule has 6 heteroatoms. The van der Waals surface area contributed by atoms with Crippen LogP contribution in [0.1, 0.15) is 22.8 Å². The Labute approximate surface area is 127 Å². The minimum absolute atomic E-state index is 0.0945. The second-order valence-corrected chi connectivity index (χ2v) is 5.18. The molecule has 0 amide bonds. The van der Waals surface area contributed by atoms with Gasteiger partial charge >= 0.3 is 6.18 Å². The summed E-state index contributed by atoms with van der Waals surface area (Å²) in [6.45, 7) is 1.44. The number of benzene rings is 2. The highest BCUT2D eigenvalue weighted by Gasteiger charge is 2.30. The molecule has 0 N–H and O–H groups in total. The zero-order chi connectivity index (χ0) is 15.6. The van der Waals surface area contributed by atoms with E-state index in [0.29, 0.717) is 15.8 Å². The van der Waals surface area contributed by atoms with Crippen molar-refractivity contribution in [2.45, 2.75) is 13.1 Å². The van der Waals surface area contributed by atoms with E-state index in [1.165, 1.54) is 19.1 Å². The summed E-state index contributed by atoms with van der Waals surface area (Å²) in [6.07, 6.45) is -4.37. The topological polar surface area (TPSA) is 26.3 Å². The molecule has 0 atom stereocenters. The fourth-order valence-corrected chi connectivity index (χ4v) is 2.33. The molecule has 0 aliphatic rings. The van der Waals surface area contributed by atoms with Crippen LogP contribution in [0, 0.1) is 0 Å². The molecule has 0 aliphatic heterocycles. The fourth-order valence-electron chi connectivity index (χ4n) is 1.69. The quantitative estimate of drug-likeness (QED) is 0.680. The Morgan fingerprint density at radius 3 is 2.10 bits per heavy atom. The van der Waals surface area contributed by atoms with Crippen LogP contribution in [-0.4, -0.2) is 5.78 Å². The second kappa shape index (κ2) is 5.89. The summed E-state index contributed by atoms with van der Waals surface area (Å²) >= 11 is 3.25. The summed E-state index contributed by atoms with van der Waals surface area (Å²) in [5.74, 6) is 0.611. The number of ketones is 1. The van der Waals surface area contributed by atoms with Crippen LogP contribution in [0.25, 0.3) is 0 Å². The van der Waals surface area contributed by atoms with E-state index in [2.05, 4.69) is 15.9 Å². The lowest BCUT2D eigenvalue weighted by atomic mass is 10.1.